The molecule has 0 radical (unpaired) electrons. The quantitative estimate of drug-likeness (QED) is 0.625. The van der Waals surface area contributed by atoms with Crippen molar-refractivity contribution in [2.24, 2.45) is 5.92 Å². The Kier molecular flexibility index (Phi) is 5.12. The summed E-state index contributed by atoms with van der Waals surface area (Å²) in [7, 11) is 0. The normalized spacial score (nSPS) is 20.2. The number of piperidine rings is 1. The Hall–Kier alpha value is -0.410. The third-order valence-electron chi connectivity index (χ3n) is 2.68. The molecular weight excluding hydrogens is 178 g/mol. The largest absolute Gasteiger partial charge is 0.377 e. The molecule has 0 unspecified atom stereocenters. The van der Waals surface area contributed by atoms with E-state index in [1.807, 2.05) is 0 Å². The van der Waals surface area contributed by atoms with Crippen LogP contribution in [0.1, 0.15) is 26.7 Å². The van der Waals surface area contributed by atoms with Gasteiger partial charge in [0.15, 0.2) is 0 Å². The number of ether oxygens (including phenoxy) is 1. The molecule has 0 saturated carbocycles. The Morgan fingerprint density at radius 3 is 2.57 bits per heavy atom. The molecule has 0 aromatic carbocycles. The topological polar surface area (TPSA) is 29.5 Å². The van der Waals surface area contributed by atoms with Crippen LogP contribution in [0.4, 0.5) is 0 Å². The van der Waals surface area contributed by atoms with Gasteiger partial charge in [-0.3, -0.25) is 0 Å². The molecule has 0 atom stereocenters. The van der Waals surface area contributed by atoms with Crippen LogP contribution in [0.2, 0.25) is 0 Å². The molecule has 0 aliphatic carbocycles. The van der Waals surface area contributed by atoms with E-state index in [0.29, 0.717) is 12.0 Å². The minimum Gasteiger partial charge on any atom is -0.377 e. The molecule has 1 fully saturated rings. The molecule has 1 saturated heterocycles. The van der Waals surface area contributed by atoms with Crippen LogP contribution in [0.25, 0.3) is 0 Å². The van der Waals surface area contributed by atoms with Crippen LogP contribution in [0, 0.1) is 5.92 Å². The van der Waals surface area contributed by atoms with E-state index in [0.717, 1.165) is 45.4 Å². The Morgan fingerprint density at radius 1 is 1.43 bits per heavy atom. The minimum absolute atomic E-state index is 0.303. The summed E-state index contributed by atoms with van der Waals surface area (Å²) in [6, 6.07) is 0. The fourth-order valence-electron chi connectivity index (χ4n) is 1.73. The predicted octanol–water partition coefficient (Wildman–Crippen LogP) is 1.32. The van der Waals surface area contributed by atoms with Crippen LogP contribution in [0.3, 0.4) is 0 Å². The van der Waals surface area contributed by atoms with Gasteiger partial charge >= 0.3 is 0 Å². The third kappa shape index (κ3) is 4.20. The molecule has 3 heteroatoms. The van der Waals surface area contributed by atoms with Crippen LogP contribution in [0.5, 0.6) is 0 Å². The molecule has 0 bridgehead atoms. The van der Waals surface area contributed by atoms with E-state index in [2.05, 4.69) is 18.7 Å². The Morgan fingerprint density at radius 2 is 2.07 bits per heavy atom. The lowest BCUT2D eigenvalue weighted by molar-refractivity contribution is -0.112. The molecule has 1 aliphatic heterocycles. The summed E-state index contributed by atoms with van der Waals surface area (Å²) >= 11 is 0. The van der Waals surface area contributed by atoms with Gasteiger partial charge in [0, 0.05) is 12.5 Å². The number of carbonyl (C=O) groups excluding carboxylic acids is 1. The highest BCUT2D eigenvalue weighted by Gasteiger charge is 2.17. The van der Waals surface area contributed by atoms with Crippen LogP contribution >= 0.6 is 0 Å². The van der Waals surface area contributed by atoms with Crippen LogP contribution < -0.4 is 0 Å². The van der Waals surface area contributed by atoms with Gasteiger partial charge in [-0.15, -0.1) is 0 Å². The van der Waals surface area contributed by atoms with E-state index in [9.17, 15) is 4.79 Å². The van der Waals surface area contributed by atoms with Gasteiger partial charge in [0.05, 0.1) is 12.7 Å². The molecule has 0 N–H and O–H groups in total. The highest BCUT2D eigenvalue weighted by molar-refractivity contribution is 5.53. The average Bonchev–Trinajstić information content (AvgIpc) is 2.18. The predicted molar refractivity (Wildman–Crippen MR) is 56.3 cm³/mol. The minimum atomic E-state index is 0.303. The summed E-state index contributed by atoms with van der Waals surface area (Å²) in [5.41, 5.74) is 0. The summed E-state index contributed by atoms with van der Waals surface area (Å²) < 4.78 is 5.49. The van der Waals surface area contributed by atoms with Crippen molar-refractivity contribution in [3.05, 3.63) is 0 Å². The number of carbonyl (C=O) groups is 1. The molecule has 0 spiro atoms. The van der Waals surface area contributed by atoms with Gasteiger partial charge in [0.1, 0.15) is 6.29 Å². The molecule has 82 valence electrons. The summed E-state index contributed by atoms with van der Waals surface area (Å²) in [6.45, 7) is 8.01. The first-order chi connectivity index (χ1) is 6.72. The molecular formula is C11H21NO2. The van der Waals surface area contributed by atoms with Gasteiger partial charge in [-0.25, -0.2) is 0 Å². The van der Waals surface area contributed by atoms with E-state index in [-0.39, 0.29) is 0 Å². The maximum absolute atomic E-state index is 10.5. The van der Waals surface area contributed by atoms with E-state index < -0.39 is 0 Å². The van der Waals surface area contributed by atoms with Crippen molar-refractivity contribution in [3.63, 3.8) is 0 Å². The highest BCUT2D eigenvalue weighted by atomic mass is 16.5. The standard InChI is InChI=1S/C11H21NO2/c1-10(2)14-8-7-12-5-3-11(9-13)4-6-12/h9-11H,3-8H2,1-2H3. The van der Waals surface area contributed by atoms with Crippen molar-refractivity contribution in [2.45, 2.75) is 32.8 Å². The Labute approximate surface area is 86.4 Å². The number of likely N-dealkylation sites (tertiary alicyclic amines) is 1. The zero-order valence-electron chi connectivity index (χ0n) is 9.24. The fourth-order valence-corrected chi connectivity index (χ4v) is 1.73. The monoisotopic (exact) mass is 199 g/mol. The number of aldehydes is 1. The number of hydrogen-bond donors (Lipinski definition) is 0. The maximum atomic E-state index is 10.5. The van der Waals surface area contributed by atoms with Gasteiger partial charge in [-0.05, 0) is 39.8 Å². The molecule has 14 heavy (non-hydrogen) atoms. The molecule has 1 heterocycles. The highest BCUT2D eigenvalue weighted by Crippen LogP contribution is 2.14. The van der Waals surface area contributed by atoms with E-state index in [4.69, 9.17) is 4.74 Å². The van der Waals surface area contributed by atoms with Gasteiger partial charge in [-0.2, -0.15) is 0 Å². The first-order valence-electron chi connectivity index (χ1n) is 5.51. The lowest BCUT2D eigenvalue weighted by atomic mass is 9.99. The van der Waals surface area contributed by atoms with Crippen molar-refractivity contribution >= 4 is 6.29 Å². The third-order valence-corrected chi connectivity index (χ3v) is 2.68. The van der Waals surface area contributed by atoms with E-state index in [1.54, 1.807) is 0 Å². The first kappa shape index (κ1) is 11.7. The van der Waals surface area contributed by atoms with E-state index in [1.165, 1.54) is 0 Å². The van der Waals surface area contributed by atoms with Crippen LogP contribution in [0.15, 0.2) is 0 Å². The van der Waals surface area contributed by atoms with Crippen molar-refractivity contribution in [3.8, 4) is 0 Å². The van der Waals surface area contributed by atoms with Crippen molar-refractivity contribution < 1.29 is 9.53 Å². The zero-order chi connectivity index (χ0) is 10.4. The smallest absolute Gasteiger partial charge is 0.123 e. The SMILES string of the molecule is CC(C)OCCN1CCC(C=O)CC1. The van der Waals surface area contributed by atoms with Crippen molar-refractivity contribution in [2.75, 3.05) is 26.2 Å². The van der Waals surface area contributed by atoms with Crippen molar-refractivity contribution in [1.82, 2.24) is 4.90 Å². The summed E-state index contributed by atoms with van der Waals surface area (Å²) in [4.78, 5) is 12.9. The van der Waals surface area contributed by atoms with Gasteiger partial charge in [-0.1, -0.05) is 0 Å². The molecule has 0 amide bonds. The second kappa shape index (κ2) is 6.14. The second-order valence-electron chi connectivity index (χ2n) is 4.23. The molecule has 1 aliphatic rings. The molecule has 0 aromatic rings. The first-order valence-corrected chi connectivity index (χ1v) is 5.51. The van der Waals surface area contributed by atoms with Gasteiger partial charge in [0.25, 0.3) is 0 Å². The number of hydrogen-bond acceptors (Lipinski definition) is 3. The number of rotatable bonds is 5. The maximum Gasteiger partial charge on any atom is 0.123 e. The average molecular weight is 199 g/mol. The molecule has 0 aromatic heterocycles. The lowest BCUT2D eigenvalue weighted by Crippen LogP contribution is -2.36. The summed E-state index contributed by atoms with van der Waals surface area (Å²) in [6.07, 6.45) is 3.46. The lowest BCUT2D eigenvalue weighted by Gasteiger charge is -2.29. The van der Waals surface area contributed by atoms with Gasteiger partial charge in [0.2, 0.25) is 0 Å². The van der Waals surface area contributed by atoms with Crippen LogP contribution in [-0.4, -0.2) is 43.5 Å². The molecule has 3 nitrogen and oxygen atoms in total. The summed E-state index contributed by atoms with van der Waals surface area (Å²) in [5, 5.41) is 0. The Bertz CT molecular complexity index is 163. The zero-order valence-corrected chi connectivity index (χ0v) is 9.24. The van der Waals surface area contributed by atoms with Gasteiger partial charge < -0.3 is 14.4 Å². The van der Waals surface area contributed by atoms with Crippen molar-refractivity contribution in [1.29, 1.82) is 0 Å². The van der Waals surface area contributed by atoms with E-state index >= 15 is 0 Å². The second-order valence-corrected chi connectivity index (χ2v) is 4.23. The number of nitrogens with zero attached hydrogens (tertiary/aromatic N) is 1. The Balaban J connectivity index is 2.07. The van der Waals surface area contributed by atoms with Crippen LogP contribution in [-0.2, 0) is 9.53 Å². The molecule has 1 rings (SSSR count). The fraction of sp³-hybridized carbons (Fsp3) is 0.909. The summed E-state index contributed by atoms with van der Waals surface area (Å²) in [5.74, 6) is 0.303.